The molecule has 0 spiro atoms. The van der Waals surface area contributed by atoms with Crippen LogP contribution in [0.25, 0.3) is 11.1 Å². The van der Waals surface area contributed by atoms with Crippen LogP contribution < -0.4 is 9.62 Å². The van der Waals surface area contributed by atoms with E-state index in [9.17, 15) is 17.6 Å². The maximum Gasteiger partial charge on any atom is 0.267 e. The van der Waals surface area contributed by atoms with Gasteiger partial charge in [0.2, 0.25) is 0 Å². The van der Waals surface area contributed by atoms with Crippen LogP contribution in [0.1, 0.15) is 15.2 Å². The zero-order valence-electron chi connectivity index (χ0n) is 17.9. The summed E-state index contributed by atoms with van der Waals surface area (Å²) in [7, 11) is -2.77. The predicted octanol–water partition coefficient (Wildman–Crippen LogP) is 5.94. The Morgan fingerprint density at radius 2 is 1.67 bits per heavy atom. The first-order chi connectivity index (χ1) is 15.8. The number of benzene rings is 3. The fourth-order valence-electron chi connectivity index (χ4n) is 3.41. The molecule has 0 radical (unpaired) electrons. The van der Waals surface area contributed by atoms with Gasteiger partial charge in [-0.1, -0.05) is 42.5 Å². The van der Waals surface area contributed by atoms with E-state index < -0.39 is 21.7 Å². The van der Waals surface area contributed by atoms with Gasteiger partial charge in [0.1, 0.15) is 15.6 Å². The van der Waals surface area contributed by atoms with Gasteiger partial charge in [0, 0.05) is 23.7 Å². The normalized spacial score (nSPS) is 11.2. The number of halogens is 1. The van der Waals surface area contributed by atoms with Crippen LogP contribution in [0.4, 0.5) is 15.8 Å². The van der Waals surface area contributed by atoms with Gasteiger partial charge in [-0.2, -0.15) is 0 Å². The highest BCUT2D eigenvalue weighted by Crippen LogP contribution is 2.38. The molecule has 0 atom stereocenters. The number of carbonyl (C=O) groups is 1. The van der Waals surface area contributed by atoms with Crippen LogP contribution in [0.5, 0.6) is 0 Å². The summed E-state index contributed by atoms with van der Waals surface area (Å²) in [5.41, 5.74) is 2.93. The Morgan fingerprint density at radius 1 is 0.970 bits per heavy atom. The summed E-state index contributed by atoms with van der Waals surface area (Å²) in [4.78, 5) is 13.2. The van der Waals surface area contributed by atoms with Crippen LogP contribution in [-0.4, -0.2) is 21.4 Å². The van der Waals surface area contributed by atoms with E-state index in [2.05, 4.69) is 5.32 Å². The van der Waals surface area contributed by atoms with E-state index in [0.717, 1.165) is 21.2 Å². The third-order valence-corrected chi connectivity index (χ3v) is 8.10. The number of sulfonamides is 1. The number of anilines is 2. The third-order valence-electron chi connectivity index (χ3n) is 5.12. The Morgan fingerprint density at radius 3 is 2.33 bits per heavy atom. The van der Waals surface area contributed by atoms with Crippen molar-refractivity contribution < 1.29 is 17.6 Å². The molecule has 3 aromatic carbocycles. The van der Waals surface area contributed by atoms with E-state index in [1.54, 1.807) is 35.7 Å². The van der Waals surface area contributed by atoms with Crippen molar-refractivity contribution in [3.05, 3.63) is 101 Å². The van der Waals surface area contributed by atoms with Crippen molar-refractivity contribution >= 4 is 38.6 Å². The van der Waals surface area contributed by atoms with Crippen molar-refractivity contribution in [2.75, 3.05) is 16.7 Å². The fourth-order valence-corrected chi connectivity index (χ4v) is 6.27. The van der Waals surface area contributed by atoms with Gasteiger partial charge in [0.05, 0.1) is 5.69 Å². The van der Waals surface area contributed by atoms with Gasteiger partial charge in [-0.25, -0.2) is 12.8 Å². The zero-order valence-corrected chi connectivity index (χ0v) is 19.6. The average molecular weight is 481 g/mol. The van der Waals surface area contributed by atoms with Crippen LogP contribution in [-0.2, 0) is 10.0 Å². The molecule has 1 N–H and O–H groups in total. The molecule has 0 saturated carbocycles. The van der Waals surface area contributed by atoms with Crippen molar-refractivity contribution in [1.82, 2.24) is 0 Å². The second kappa shape index (κ2) is 9.17. The van der Waals surface area contributed by atoms with Crippen LogP contribution in [0, 0.1) is 12.7 Å². The second-order valence-corrected chi connectivity index (χ2v) is 10.2. The maximum absolute atomic E-state index is 13.8. The maximum atomic E-state index is 13.8. The fraction of sp³-hybridized carbons (Fsp3) is 0.0800. The Kier molecular flexibility index (Phi) is 6.31. The molecule has 1 aromatic heterocycles. The molecule has 5 nitrogen and oxygen atoms in total. The Balaban J connectivity index is 1.83. The number of aryl methyl sites for hydroxylation is 1. The summed E-state index contributed by atoms with van der Waals surface area (Å²) < 4.78 is 42.0. The molecule has 0 saturated heterocycles. The number of hydrogen-bond donors (Lipinski definition) is 1. The van der Waals surface area contributed by atoms with Crippen LogP contribution in [0.15, 0.2) is 89.1 Å². The monoisotopic (exact) mass is 480 g/mol. The molecule has 0 unspecified atom stereocenters. The van der Waals surface area contributed by atoms with Crippen molar-refractivity contribution in [3.8, 4) is 11.1 Å². The molecule has 4 rings (SSSR count). The molecule has 0 aliphatic heterocycles. The average Bonchev–Trinajstić information content (AvgIpc) is 3.26. The first-order valence-corrected chi connectivity index (χ1v) is 12.4. The zero-order chi connectivity index (χ0) is 23.6. The van der Waals surface area contributed by atoms with E-state index in [-0.39, 0.29) is 15.5 Å². The molecular formula is C25H21FN2O3S2. The Hall–Kier alpha value is -3.49. The van der Waals surface area contributed by atoms with E-state index in [1.807, 2.05) is 31.2 Å². The van der Waals surface area contributed by atoms with E-state index in [1.165, 1.54) is 31.3 Å². The van der Waals surface area contributed by atoms with Gasteiger partial charge in [-0.05, 0) is 54.4 Å². The van der Waals surface area contributed by atoms with E-state index >= 15 is 0 Å². The van der Waals surface area contributed by atoms with Crippen molar-refractivity contribution in [2.24, 2.45) is 0 Å². The largest absolute Gasteiger partial charge is 0.321 e. The van der Waals surface area contributed by atoms with Gasteiger partial charge in [0.25, 0.3) is 15.9 Å². The lowest BCUT2D eigenvalue weighted by molar-refractivity contribution is 0.102. The smallest absolute Gasteiger partial charge is 0.267 e. The molecule has 0 bridgehead atoms. The predicted molar refractivity (Wildman–Crippen MR) is 131 cm³/mol. The Bertz CT molecular complexity index is 1400. The summed E-state index contributed by atoms with van der Waals surface area (Å²) >= 11 is 1.07. The van der Waals surface area contributed by atoms with E-state index in [0.29, 0.717) is 16.8 Å². The molecular weight excluding hydrogens is 459 g/mol. The molecule has 168 valence electrons. The van der Waals surface area contributed by atoms with Crippen LogP contribution >= 0.6 is 11.3 Å². The molecule has 1 amide bonds. The van der Waals surface area contributed by atoms with E-state index in [4.69, 9.17) is 0 Å². The highest BCUT2D eigenvalue weighted by molar-refractivity contribution is 7.93. The van der Waals surface area contributed by atoms with Gasteiger partial charge < -0.3 is 5.32 Å². The lowest BCUT2D eigenvalue weighted by Gasteiger charge is -2.21. The minimum absolute atomic E-state index is 0.0734. The molecule has 0 aliphatic rings. The number of nitrogens with zero attached hydrogens (tertiary/aromatic N) is 1. The standard InChI is InChI=1S/C25H21FN2O3S2/c1-17-7-6-10-20(15-17)27-25(29)23-24(22(16-32-23)18-8-4-3-5-9-18)33(30,31)28(2)21-13-11-19(26)12-14-21/h3-16H,1-2H3,(H,27,29). The summed E-state index contributed by atoms with van der Waals surface area (Å²) in [6.45, 7) is 1.90. The summed E-state index contributed by atoms with van der Waals surface area (Å²) in [5.74, 6) is -0.984. The SMILES string of the molecule is Cc1cccc(NC(=O)c2scc(-c3ccccc3)c2S(=O)(=O)N(C)c2ccc(F)cc2)c1. The quantitative estimate of drug-likeness (QED) is 0.371. The van der Waals surface area contributed by atoms with Crippen LogP contribution in [0.3, 0.4) is 0 Å². The number of amides is 1. The van der Waals surface area contributed by atoms with Gasteiger partial charge >= 0.3 is 0 Å². The number of rotatable bonds is 6. The molecule has 0 fully saturated rings. The molecule has 0 aliphatic carbocycles. The lowest BCUT2D eigenvalue weighted by Crippen LogP contribution is -2.28. The van der Waals surface area contributed by atoms with Crippen LogP contribution in [0.2, 0.25) is 0 Å². The molecule has 4 aromatic rings. The highest BCUT2D eigenvalue weighted by atomic mass is 32.2. The number of thiophene rings is 1. The minimum atomic E-state index is -4.16. The van der Waals surface area contributed by atoms with Crippen molar-refractivity contribution in [1.29, 1.82) is 0 Å². The number of hydrogen-bond acceptors (Lipinski definition) is 4. The summed E-state index contributed by atoms with van der Waals surface area (Å²) in [5, 5.41) is 4.47. The lowest BCUT2D eigenvalue weighted by atomic mass is 10.1. The second-order valence-electron chi connectivity index (χ2n) is 7.45. The van der Waals surface area contributed by atoms with Gasteiger partial charge in [0.15, 0.2) is 0 Å². The van der Waals surface area contributed by atoms with Crippen molar-refractivity contribution in [2.45, 2.75) is 11.8 Å². The Labute approximate surface area is 196 Å². The van der Waals surface area contributed by atoms with Gasteiger partial charge in [-0.3, -0.25) is 9.10 Å². The summed E-state index contributed by atoms with van der Waals surface area (Å²) in [6.07, 6.45) is 0. The highest BCUT2D eigenvalue weighted by Gasteiger charge is 2.32. The molecule has 1 heterocycles. The first kappa shape index (κ1) is 22.7. The molecule has 33 heavy (non-hydrogen) atoms. The number of nitrogens with one attached hydrogen (secondary N) is 1. The number of carbonyl (C=O) groups excluding carboxylic acids is 1. The third kappa shape index (κ3) is 4.67. The summed E-state index contributed by atoms with van der Waals surface area (Å²) in [6, 6.07) is 21.5. The van der Waals surface area contributed by atoms with Crippen molar-refractivity contribution in [3.63, 3.8) is 0 Å². The first-order valence-electron chi connectivity index (χ1n) is 10.1. The molecule has 8 heteroatoms. The van der Waals surface area contributed by atoms with Gasteiger partial charge in [-0.15, -0.1) is 11.3 Å². The minimum Gasteiger partial charge on any atom is -0.321 e. The topological polar surface area (TPSA) is 66.5 Å².